The Morgan fingerprint density at radius 1 is 0.286 bits per heavy atom. The van der Waals surface area contributed by atoms with Crippen molar-refractivity contribution in [3.8, 4) is 44.5 Å². The maximum absolute atomic E-state index is 5.35. The van der Waals surface area contributed by atoms with E-state index < -0.39 is 0 Å². The first-order valence-corrected chi connectivity index (χ1v) is 16.2. The van der Waals surface area contributed by atoms with E-state index in [4.69, 9.17) is 9.97 Å². The van der Waals surface area contributed by atoms with Crippen LogP contribution in [0.25, 0.3) is 90.9 Å². The van der Waals surface area contributed by atoms with Gasteiger partial charge in [-0.25, -0.2) is 9.97 Å². The molecule has 0 saturated heterocycles. The van der Waals surface area contributed by atoms with E-state index in [0.717, 1.165) is 89.4 Å². The Morgan fingerprint density at radius 3 is 0.735 bits per heavy atom. The second-order valence-electron chi connectivity index (χ2n) is 12.0. The summed E-state index contributed by atoms with van der Waals surface area (Å²) < 4.78 is 0. The largest absolute Gasteiger partial charge is 2.00 e. The molecule has 0 amide bonds. The Balaban J connectivity index is 0.00000348. The summed E-state index contributed by atoms with van der Waals surface area (Å²) in [6.07, 6.45) is 8.54. The first-order chi connectivity index (χ1) is 23.8. The third-order valence-electron chi connectivity index (χ3n) is 9.00. The van der Waals surface area contributed by atoms with E-state index >= 15 is 0 Å². The molecule has 3 aromatic heterocycles. The molecule has 5 heteroatoms. The molecular weight excluding hydrogens is 650 g/mol. The predicted octanol–water partition coefficient (Wildman–Crippen LogP) is 11.3. The smallest absolute Gasteiger partial charge is 0.354 e. The summed E-state index contributed by atoms with van der Waals surface area (Å²) >= 11 is 0. The van der Waals surface area contributed by atoms with Gasteiger partial charge in [-0.05, 0) is 70.8 Å². The molecule has 2 aliphatic rings. The number of benzene rings is 4. The van der Waals surface area contributed by atoms with Gasteiger partial charge < -0.3 is 9.97 Å². The van der Waals surface area contributed by atoms with Crippen LogP contribution in [0.1, 0.15) is 22.8 Å². The van der Waals surface area contributed by atoms with Gasteiger partial charge >= 0.3 is 19.5 Å². The van der Waals surface area contributed by atoms with E-state index in [9.17, 15) is 0 Å². The number of fused-ring (bicyclic) bond motifs is 8. The van der Waals surface area contributed by atoms with Crippen molar-refractivity contribution in [2.45, 2.75) is 0 Å². The molecule has 0 unspecified atom stereocenters. The Bertz CT molecular complexity index is 2180. The maximum Gasteiger partial charge on any atom is 2.00 e. The minimum atomic E-state index is 0. The van der Waals surface area contributed by atoms with Crippen molar-refractivity contribution in [2.24, 2.45) is 0 Å². The van der Waals surface area contributed by atoms with Crippen LogP contribution in [0.5, 0.6) is 0 Å². The summed E-state index contributed by atoms with van der Waals surface area (Å²) in [5, 5.41) is 0. The van der Waals surface area contributed by atoms with Crippen LogP contribution in [-0.4, -0.2) is 19.9 Å². The normalized spacial score (nSPS) is 11.8. The van der Waals surface area contributed by atoms with Crippen LogP contribution >= 0.6 is 0 Å². The van der Waals surface area contributed by atoms with Gasteiger partial charge in [0.15, 0.2) is 0 Å². The number of aromatic amines is 2. The van der Waals surface area contributed by atoms with Crippen LogP contribution in [0, 0.1) is 0 Å². The first-order valence-electron chi connectivity index (χ1n) is 16.2. The molecule has 0 aliphatic carbocycles. The molecule has 9 rings (SSSR count). The molecule has 5 heterocycles. The fourth-order valence-electron chi connectivity index (χ4n) is 6.84. The standard InChI is InChI=1S/C44H30N4.Zn/c1-5-13-29(14-6-1)41-33-21-23-35(45-33)42(30-15-7-2-8-16-30)37-25-27-39(47-37)44(32-19-11-4-12-20-32)40-28-26-38(48-40)43(31-17-9-3-10-18-31)36-24-22-34(41)46-36;/h1-28,45,48H;/q;+2. The van der Waals surface area contributed by atoms with Crippen LogP contribution in [-0.2, 0) is 19.5 Å². The Kier molecular flexibility index (Phi) is 8.05. The number of nitrogens with one attached hydrogen (secondary N) is 2. The van der Waals surface area contributed by atoms with Gasteiger partial charge in [-0.2, -0.15) is 0 Å². The molecule has 4 aromatic carbocycles. The number of hydrogen-bond acceptors (Lipinski definition) is 2. The Morgan fingerprint density at radius 2 is 0.510 bits per heavy atom. The number of H-pyrrole nitrogens is 2. The summed E-state index contributed by atoms with van der Waals surface area (Å²) in [5.41, 5.74) is 16.2. The molecule has 0 saturated carbocycles. The zero-order chi connectivity index (χ0) is 31.9. The second kappa shape index (κ2) is 13.0. The third-order valence-corrected chi connectivity index (χ3v) is 9.00. The average molecular weight is 680 g/mol. The van der Waals surface area contributed by atoms with Gasteiger partial charge in [0.2, 0.25) is 0 Å². The van der Waals surface area contributed by atoms with Gasteiger partial charge in [-0.1, -0.05) is 121 Å². The monoisotopic (exact) mass is 678 g/mol. The molecule has 7 aromatic rings. The Hall–Kier alpha value is -5.90. The molecule has 0 spiro atoms. The fourth-order valence-corrected chi connectivity index (χ4v) is 6.84. The zero-order valence-electron chi connectivity index (χ0n) is 26.8. The molecule has 0 radical (unpaired) electrons. The van der Waals surface area contributed by atoms with Crippen molar-refractivity contribution in [3.05, 3.63) is 168 Å². The molecule has 0 fully saturated rings. The van der Waals surface area contributed by atoms with Crippen LogP contribution in [0.2, 0.25) is 0 Å². The topological polar surface area (TPSA) is 57.4 Å². The van der Waals surface area contributed by atoms with E-state index in [0.29, 0.717) is 0 Å². The van der Waals surface area contributed by atoms with E-state index in [1.807, 2.05) is 24.3 Å². The molecule has 226 valence electrons. The summed E-state index contributed by atoms with van der Waals surface area (Å²) in [7, 11) is 0. The molecule has 2 N–H and O–H groups in total. The molecular formula is C44H30N4Zn+2. The zero-order valence-corrected chi connectivity index (χ0v) is 29.7. The SMILES string of the molecule is C1=Cc2nc1c(-c1ccccc1)c1ccc([nH]1)c(-c1ccccc1)c1nc(c(-c3ccccc3)c3ccc([nH]3)c2-c2ccccc2)C=C1.[Zn+2]. The van der Waals surface area contributed by atoms with Crippen LogP contribution < -0.4 is 0 Å². The van der Waals surface area contributed by atoms with Crippen LogP contribution in [0.3, 0.4) is 0 Å². The van der Waals surface area contributed by atoms with Gasteiger partial charge in [-0.3, -0.25) is 0 Å². The van der Waals surface area contributed by atoms with Gasteiger partial charge in [0.05, 0.1) is 22.8 Å². The number of hydrogen-bond donors (Lipinski definition) is 2. The molecule has 0 atom stereocenters. The summed E-state index contributed by atoms with van der Waals surface area (Å²) in [4.78, 5) is 18.3. The van der Waals surface area contributed by atoms with Gasteiger partial charge in [-0.15, -0.1) is 0 Å². The van der Waals surface area contributed by atoms with Crippen molar-refractivity contribution in [3.63, 3.8) is 0 Å². The fraction of sp³-hybridized carbons (Fsp3) is 0. The molecule has 49 heavy (non-hydrogen) atoms. The van der Waals surface area contributed by atoms with Crippen LogP contribution in [0.15, 0.2) is 146 Å². The van der Waals surface area contributed by atoms with Gasteiger partial charge in [0.25, 0.3) is 0 Å². The minimum Gasteiger partial charge on any atom is -0.354 e. The molecule has 4 nitrogen and oxygen atoms in total. The average Bonchev–Trinajstić information content (AvgIpc) is 3.98. The van der Waals surface area contributed by atoms with Crippen molar-refractivity contribution in [1.29, 1.82) is 0 Å². The summed E-state index contributed by atoms with van der Waals surface area (Å²) in [6, 6.07) is 50.7. The first kappa shape index (κ1) is 30.4. The predicted molar refractivity (Wildman–Crippen MR) is 201 cm³/mol. The van der Waals surface area contributed by atoms with Crippen molar-refractivity contribution < 1.29 is 19.5 Å². The van der Waals surface area contributed by atoms with Crippen molar-refractivity contribution in [2.75, 3.05) is 0 Å². The van der Waals surface area contributed by atoms with Gasteiger partial charge in [0, 0.05) is 44.3 Å². The van der Waals surface area contributed by atoms with E-state index in [1.54, 1.807) is 0 Å². The number of nitrogens with zero attached hydrogens (tertiary/aromatic N) is 2. The molecule has 8 bridgehead atoms. The van der Waals surface area contributed by atoms with E-state index in [1.165, 1.54) is 0 Å². The minimum absolute atomic E-state index is 0. The van der Waals surface area contributed by atoms with Crippen molar-refractivity contribution >= 4 is 46.4 Å². The maximum atomic E-state index is 5.35. The second-order valence-corrected chi connectivity index (χ2v) is 12.0. The quantitative estimate of drug-likeness (QED) is 0.182. The summed E-state index contributed by atoms with van der Waals surface area (Å²) in [5.74, 6) is 0. The van der Waals surface area contributed by atoms with E-state index in [-0.39, 0.29) is 19.5 Å². The number of aromatic nitrogens is 4. The van der Waals surface area contributed by atoms with Crippen LogP contribution in [0.4, 0.5) is 0 Å². The molecule has 2 aliphatic heterocycles. The number of rotatable bonds is 4. The van der Waals surface area contributed by atoms with E-state index in [2.05, 4.69) is 156 Å². The summed E-state index contributed by atoms with van der Waals surface area (Å²) in [6.45, 7) is 0. The Labute approximate surface area is 297 Å². The van der Waals surface area contributed by atoms with Crippen molar-refractivity contribution in [1.82, 2.24) is 19.9 Å². The third kappa shape index (κ3) is 5.59. The van der Waals surface area contributed by atoms with Gasteiger partial charge in [0.1, 0.15) is 0 Å².